The number of phenolic OH excluding ortho intramolecular Hbond substituents is 1. The summed E-state index contributed by atoms with van der Waals surface area (Å²) in [5.74, 6) is 0.287. The lowest BCUT2D eigenvalue weighted by Gasteiger charge is -2.35. The van der Waals surface area contributed by atoms with Crippen LogP contribution in [-0.2, 0) is 0 Å². The Hall–Kier alpha value is -2.59. The van der Waals surface area contributed by atoms with Gasteiger partial charge in [0.2, 0.25) is 0 Å². The third-order valence-electron chi connectivity index (χ3n) is 5.29. The molecule has 142 valence electrons. The molecule has 4 heteroatoms. The number of benzene rings is 2. The van der Waals surface area contributed by atoms with Gasteiger partial charge in [0.25, 0.3) is 0 Å². The highest BCUT2D eigenvalue weighted by Crippen LogP contribution is 2.42. The number of carbonyl (C=O) groups is 1. The number of carboxylic acids is 1. The molecular weight excluding hydrogens is 338 g/mol. The number of hydrogen-bond acceptors (Lipinski definition) is 3. The van der Waals surface area contributed by atoms with E-state index in [-0.39, 0.29) is 0 Å². The molecular formula is C23H27NO3. The fourth-order valence-electron chi connectivity index (χ4n) is 4.08. The second-order valence-corrected chi connectivity index (χ2v) is 7.70. The average molecular weight is 365 g/mol. The van der Waals surface area contributed by atoms with Gasteiger partial charge in [0.15, 0.2) is 0 Å². The maximum absolute atomic E-state index is 11.2. The van der Waals surface area contributed by atoms with Crippen molar-refractivity contribution in [2.75, 3.05) is 20.6 Å². The Labute approximate surface area is 160 Å². The molecule has 0 spiro atoms. The molecule has 27 heavy (non-hydrogen) atoms. The average Bonchev–Trinajstić information content (AvgIpc) is 2.63. The Bertz CT molecular complexity index is 841. The van der Waals surface area contributed by atoms with Gasteiger partial charge in [-0.15, -0.1) is 0 Å². The summed E-state index contributed by atoms with van der Waals surface area (Å²) in [4.78, 5) is 13.4. The van der Waals surface area contributed by atoms with E-state index in [0.29, 0.717) is 23.1 Å². The van der Waals surface area contributed by atoms with E-state index in [2.05, 4.69) is 31.1 Å². The molecule has 3 rings (SSSR count). The molecule has 4 nitrogen and oxygen atoms in total. The SMILES string of the molecule is CN(C)C[C@@H]1CC/C(=C/c2cccc(C(=O)O)c2)C[C@@H]1c1cccc(O)c1. The van der Waals surface area contributed by atoms with Gasteiger partial charge in [0.1, 0.15) is 5.75 Å². The molecule has 0 aromatic heterocycles. The van der Waals surface area contributed by atoms with Crippen LogP contribution in [0.4, 0.5) is 0 Å². The number of allylic oxidation sites excluding steroid dienone is 1. The fourth-order valence-corrected chi connectivity index (χ4v) is 4.08. The van der Waals surface area contributed by atoms with Crippen molar-refractivity contribution in [1.29, 1.82) is 0 Å². The van der Waals surface area contributed by atoms with Gasteiger partial charge < -0.3 is 15.1 Å². The predicted octanol–water partition coefficient (Wildman–Crippen LogP) is 4.62. The lowest BCUT2D eigenvalue weighted by molar-refractivity contribution is 0.0697. The summed E-state index contributed by atoms with van der Waals surface area (Å²) in [6.45, 7) is 1.02. The molecule has 2 atom stereocenters. The summed E-state index contributed by atoms with van der Waals surface area (Å²) >= 11 is 0. The summed E-state index contributed by atoms with van der Waals surface area (Å²) in [6.07, 6.45) is 5.17. The van der Waals surface area contributed by atoms with Gasteiger partial charge in [0, 0.05) is 6.54 Å². The van der Waals surface area contributed by atoms with Crippen LogP contribution in [-0.4, -0.2) is 41.7 Å². The van der Waals surface area contributed by atoms with Crippen molar-refractivity contribution in [1.82, 2.24) is 4.90 Å². The van der Waals surface area contributed by atoms with E-state index in [1.54, 1.807) is 24.3 Å². The zero-order chi connectivity index (χ0) is 19.4. The topological polar surface area (TPSA) is 60.8 Å². The van der Waals surface area contributed by atoms with Gasteiger partial charge in [-0.25, -0.2) is 4.79 Å². The lowest BCUT2D eigenvalue weighted by atomic mass is 9.73. The molecule has 0 amide bonds. The molecule has 0 bridgehead atoms. The van der Waals surface area contributed by atoms with Crippen LogP contribution < -0.4 is 0 Å². The van der Waals surface area contributed by atoms with Gasteiger partial charge in [-0.05, 0) is 80.6 Å². The van der Waals surface area contributed by atoms with E-state index in [0.717, 1.165) is 31.4 Å². The first-order valence-electron chi connectivity index (χ1n) is 9.39. The Morgan fingerprint density at radius 3 is 2.67 bits per heavy atom. The number of aromatic hydroxyl groups is 1. The van der Waals surface area contributed by atoms with Gasteiger partial charge in [-0.2, -0.15) is 0 Å². The van der Waals surface area contributed by atoms with Crippen LogP contribution in [0, 0.1) is 5.92 Å². The monoisotopic (exact) mass is 365 g/mol. The first-order chi connectivity index (χ1) is 12.9. The van der Waals surface area contributed by atoms with Gasteiger partial charge >= 0.3 is 5.97 Å². The third-order valence-corrected chi connectivity index (χ3v) is 5.29. The highest BCUT2D eigenvalue weighted by molar-refractivity contribution is 5.88. The van der Waals surface area contributed by atoms with Crippen molar-refractivity contribution in [2.24, 2.45) is 5.92 Å². The van der Waals surface area contributed by atoms with Crippen LogP contribution in [0.25, 0.3) is 6.08 Å². The van der Waals surface area contributed by atoms with Crippen molar-refractivity contribution in [3.8, 4) is 5.75 Å². The number of aromatic carboxylic acids is 1. The van der Waals surface area contributed by atoms with E-state index in [1.807, 2.05) is 18.2 Å². The molecule has 0 unspecified atom stereocenters. The van der Waals surface area contributed by atoms with Crippen LogP contribution in [0.1, 0.15) is 46.7 Å². The van der Waals surface area contributed by atoms with Gasteiger partial charge in [-0.1, -0.05) is 35.9 Å². The van der Waals surface area contributed by atoms with Crippen LogP contribution in [0.2, 0.25) is 0 Å². The third kappa shape index (κ3) is 4.98. The first kappa shape index (κ1) is 19.2. The molecule has 0 saturated heterocycles. The lowest BCUT2D eigenvalue weighted by Crippen LogP contribution is -2.29. The molecule has 1 fully saturated rings. The smallest absolute Gasteiger partial charge is 0.335 e. The normalized spacial score (nSPS) is 21.5. The predicted molar refractivity (Wildman–Crippen MR) is 108 cm³/mol. The van der Waals surface area contributed by atoms with Crippen molar-refractivity contribution in [3.05, 3.63) is 70.8 Å². The zero-order valence-corrected chi connectivity index (χ0v) is 15.9. The maximum atomic E-state index is 11.2. The molecule has 0 heterocycles. The molecule has 1 aliphatic carbocycles. The van der Waals surface area contributed by atoms with Crippen molar-refractivity contribution in [2.45, 2.75) is 25.2 Å². The summed E-state index contributed by atoms with van der Waals surface area (Å²) in [6, 6.07) is 14.7. The number of hydrogen-bond donors (Lipinski definition) is 2. The number of carboxylic acid groups (broad SMARTS) is 1. The summed E-state index contributed by atoms with van der Waals surface area (Å²) in [7, 11) is 4.20. The molecule has 2 aromatic carbocycles. The molecule has 1 aliphatic rings. The van der Waals surface area contributed by atoms with Crippen LogP contribution >= 0.6 is 0 Å². The minimum absolute atomic E-state index is 0.307. The summed E-state index contributed by atoms with van der Waals surface area (Å²) in [5, 5.41) is 19.1. The van der Waals surface area contributed by atoms with E-state index in [9.17, 15) is 15.0 Å². The number of nitrogens with zero attached hydrogens (tertiary/aromatic N) is 1. The second-order valence-electron chi connectivity index (χ2n) is 7.70. The van der Waals surface area contributed by atoms with Crippen molar-refractivity contribution in [3.63, 3.8) is 0 Å². The number of rotatable bonds is 5. The van der Waals surface area contributed by atoms with E-state index >= 15 is 0 Å². The maximum Gasteiger partial charge on any atom is 0.335 e. The largest absolute Gasteiger partial charge is 0.508 e. The van der Waals surface area contributed by atoms with E-state index < -0.39 is 5.97 Å². The van der Waals surface area contributed by atoms with E-state index in [1.165, 1.54) is 11.1 Å². The highest BCUT2D eigenvalue weighted by Gasteiger charge is 2.29. The molecule has 0 aliphatic heterocycles. The van der Waals surface area contributed by atoms with Gasteiger partial charge in [0.05, 0.1) is 5.56 Å². The highest BCUT2D eigenvalue weighted by atomic mass is 16.4. The second kappa shape index (κ2) is 8.40. The van der Waals surface area contributed by atoms with Crippen LogP contribution in [0.15, 0.2) is 54.1 Å². The Balaban J connectivity index is 1.87. The Kier molecular flexibility index (Phi) is 5.97. The minimum atomic E-state index is -0.900. The standard InChI is InChI=1S/C23H27NO3/c1-24(2)15-20-10-9-17(11-16-5-3-7-19(12-16)23(26)27)13-22(20)18-6-4-8-21(25)14-18/h3-8,11-12,14,20,22,25H,9-10,13,15H2,1-2H3,(H,26,27)/b17-11-/t20-,22+/m0/s1. The molecule has 1 saturated carbocycles. The quantitative estimate of drug-likeness (QED) is 0.812. The van der Waals surface area contributed by atoms with Crippen molar-refractivity contribution >= 4 is 12.0 Å². The molecule has 2 aromatic rings. The first-order valence-corrected chi connectivity index (χ1v) is 9.39. The Morgan fingerprint density at radius 1 is 1.19 bits per heavy atom. The number of phenols is 1. The Morgan fingerprint density at radius 2 is 1.96 bits per heavy atom. The van der Waals surface area contributed by atoms with Crippen LogP contribution in [0.5, 0.6) is 5.75 Å². The van der Waals surface area contributed by atoms with Gasteiger partial charge in [-0.3, -0.25) is 0 Å². The zero-order valence-electron chi connectivity index (χ0n) is 15.9. The van der Waals surface area contributed by atoms with E-state index in [4.69, 9.17) is 0 Å². The molecule has 2 N–H and O–H groups in total. The summed E-state index contributed by atoms with van der Waals surface area (Å²) < 4.78 is 0. The van der Waals surface area contributed by atoms with Crippen molar-refractivity contribution < 1.29 is 15.0 Å². The van der Waals surface area contributed by atoms with Crippen LogP contribution in [0.3, 0.4) is 0 Å². The minimum Gasteiger partial charge on any atom is -0.508 e. The molecule has 0 radical (unpaired) electrons. The fraction of sp³-hybridized carbons (Fsp3) is 0.348. The summed E-state index contributed by atoms with van der Waals surface area (Å²) in [5.41, 5.74) is 3.76.